The molecule has 4 unspecified atom stereocenters. The molecule has 1 heterocycles. The fourth-order valence-electron chi connectivity index (χ4n) is 4.08. The van der Waals surface area contributed by atoms with Gasteiger partial charge in [-0.1, -0.05) is 40.0 Å². The van der Waals surface area contributed by atoms with Gasteiger partial charge in [0.25, 0.3) is 0 Å². The molecular formula is C18H34N2O. The van der Waals surface area contributed by atoms with Gasteiger partial charge >= 0.3 is 0 Å². The maximum atomic E-state index is 13.0. The van der Waals surface area contributed by atoms with E-state index in [1.807, 2.05) is 0 Å². The van der Waals surface area contributed by atoms with Gasteiger partial charge in [0.15, 0.2) is 0 Å². The molecule has 3 heteroatoms. The minimum Gasteiger partial charge on any atom is -0.323 e. The maximum absolute atomic E-state index is 13.0. The lowest BCUT2D eigenvalue weighted by Crippen LogP contribution is -2.47. The Morgan fingerprint density at radius 3 is 2.43 bits per heavy atom. The van der Waals surface area contributed by atoms with Crippen LogP contribution in [0.1, 0.15) is 79.6 Å². The molecule has 0 bridgehead atoms. The van der Waals surface area contributed by atoms with E-state index in [-0.39, 0.29) is 11.7 Å². The quantitative estimate of drug-likeness (QED) is 0.805. The van der Waals surface area contributed by atoms with Crippen LogP contribution in [0.3, 0.4) is 0 Å². The van der Waals surface area contributed by atoms with Gasteiger partial charge in [0.05, 0.1) is 11.7 Å². The van der Waals surface area contributed by atoms with Gasteiger partial charge in [0.2, 0.25) is 5.91 Å². The third-order valence-corrected chi connectivity index (χ3v) is 5.94. The number of hydrogen-bond acceptors (Lipinski definition) is 2. The third kappa shape index (κ3) is 3.28. The zero-order valence-corrected chi connectivity index (χ0v) is 14.6. The van der Waals surface area contributed by atoms with E-state index in [2.05, 4.69) is 44.8 Å². The molecule has 1 amide bonds. The predicted molar refractivity (Wildman–Crippen MR) is 88.0 cm³/mol. The van der Waals surface area contributed by atoms with E-state index >= 15 is 0 Å². The smallest absolute Gasteiger partial charge is 0.244 e. The highest BCUT2D eigenvalue weighted by Crippen LogP contribution is 2.37. The molecule has 0 aromatic heterocycles. The zero-order chi connectivity index (χ0) is 15.6. The standard InChI is InChI=1S/C18H34N2O/c1-6-13(3)12-14(4)20-16(15-10-8-9-11-15)19-18(5,7-2)17(20)21/h13-16,19H,6-12H2,1-5H3. The van der Waals surface area contributed by atoms with E-state index in [1.54, 1.807) is 0 Å². The number of nitrogens with one attached hydrogen (secondary N) is 1. The van der Waals surface area contributed by atoms with Crippen LogP contribution in [0.25, 0.3) is 0 Å². The Balaban J connectivity index is 2.18. The van der Waals surface area contributed by atoms with Crippen molar-refractivity contribution in [2.45, 2.75) is 97.3 Å². The lowest BCUT2D eigenvalue weighted by atomic mass is 9.96. The summed E-state index contributed by atoms with van der Waals surface area (Å²) in [4.78, 5) is 15.2. The lowest BCUT2D eigenvalue weighted by molar-refractivity contribution is -0.135. The summed E-state index contributed by atoms with van der Waals surface area (Å²) in [5, 5.41) is 3.71. The second-order valence-electron chi connectivity index (χ2n) is 7.63. The molecule has 1 aliphatic heterocycles. The second-order valence-corrected chi connectivity index (χ2v) is 7.63. The van der Waals surface area contributed by atoms with E-state index in [0.717, 1.165) is 12.8 Å². The Hall–Kier alpha value is -0.570. The van der Waals surface area contributed by atoms with E-state index < -0.39 is 0 Å². The molecule has 21 heavy (non-hydrogen) atoms. The number of carbonyl (C=O) groups excluding carboxylic acids is 1. The van der Waals surface area contributed by atoms with Crippen LogP contribution in [-0.2, 0) is 4.79 Å². The summed E-state index contributed by atoms with van der Waals surface area (Å²) in [6.07, 6.45) is 8.66. The molecule has 1 aliphatic carbocycles. The Morgan fingerprint density at radius 1 is 1.29 bits per heavy atom. The summed E-state index contributed by atoms with van der Waals surface area (Å²) in [5.74, 6) is 1.67. The van der Waals surface area contributed by atoms with Gasteiger partial charge < -0.3 is 4.90 Å². The molecule has 2 aliphatic rings. The number of hydrogen-bond donors (Lipinski definition) is 1. The maximum Gasteiger partial charge on any atom is 0.244 e. The number of rotatable bonds is 6. The molecule has 0 aromatic carbocycles. The molecule has 2 rings (SSSR count). The molecule has 0 radical (unpaired) electrons. The van der Waals surface area contributed by atoms with Gasteiger partial charge in [-0.05, 0) is 51.4 Å². The molecular weight excluding hydrogens is 260 g/mol. The largest absolute Gasteiger partial charge is 0.323 e. The van der Waals surface area contributed by atoms with Crippen molar-refractivity contribution in [1.82, 2.24) is 10.2 Å². The van der Waals surface area contributed by atoms with Crippen LogP contribution in [0.2, 0.25) is 0 Å². The molecule has 122 valence electrons. The van der Waals surface area contributed by atoms with Crippen LogP contribution in [0, 0.1) is 11.8 Å². The highest BCUT2D eigenvalue weighted by Gasteiger charge is 2.50. The molecule has 1 N–H and O–H groups in total. The topological polar surface area (TPSA) is 32.3 Å². The third-order valence-electron chi connectivity index (χ3n) is 5.94. The summed E-state index contributed by atoms with van der Waals surface area (Å²) in [6.45, 7) is 11.0. The van der Waals surface area contributed by atoms with Crippen molar-refractivity contribution in [2.75, 3.05) is 0 Å². The van der Waals surface area contributed by atoms with Crippen molar-refractivity contribution in [1.29, 1.82) is 0 Å². The molecule has 1 saturated carbocycles. The van der Waals surface area contributed by atoms with Crippen molar-refractivity contribution >= 4 is 5.91 Å². The van der Waals surface area contributed by atoms with Gasteiger partial charge in [-0.25, -0.2) is 0 Å². The van der Waals surface area contributed by atoms with Crippen molar-refractivity contribution in [2.24, 2.45) is 11.8 Å². The Labute approximate surface area is 130 Å². The van der Waals surface area contributed by atoms with Crippen LogP contribution < -0.4 is 5.32 Å². The SMILES string of the molecule is CCC(C)CC(C)N1C(=O)C(C)(CC)NC1C1CCCC1. The fourth-order valence-corrected chi connectivity index (χ4v) is 4.08. The molecule has 1 saturated heterocycles. The molecule has 4 atom stereocenters. The van der Waals surface area contributed by atoms with Gasteiger partial charge in [-0.3, -0.25) is 10.1 Å². The molecule has 0 aromatic rings. The normalized spacial score (nSPS) is 33.7. The van der Waals surface area contributed by atoms with Crippen LogP contribution in [0.15, 0.2) is 0 Å². The first-order valence-corrected chi connectivity index (χ1v) is 9.03. The minimum atomic E-state index is -0.350. The van der Waals surface area contributed by atoms with E-state index in [1.165, 1.54) is 32.1 Å². The average Bonchev–Trinajstić information content (AvgIpc) is 3.07. The highest BCUT2D eigenvalue weighted by molar-refractivity contribution is 5.88. The van der Waals surface area contributed by atoms with Gasteiger partial charge in [-0.15, -0.1) is 0 Å². The molecule has 3 nitrogen and oxygen atoms in total. The monoisotopic (exact) mass is 294 g/mol. The number of amides is 1. The summed E-state index contributed by atoms with van der Waals surface area (Å²) < 4.78 is 0. The Bertz CT molecular complexity index is 364. The summed E-state index contributed by atoms with van der Waals surface area (Å²) >= 11 is 0. The summed E-state index contributed by atoms with van der Waals surface area (Å²) in [5.41, 5.74) is -0.350. The predicted octanol–water partition coefficient (Wildman–Crippen LogP) is 3.93. The van der Waals surface area contributed by atoms with E-state index in [9.17, 15) is 4.79 Å². The molecule has 0 spiro atoms. The van der Waals surface area contributed by atoms with Crippen molar-refractivity contribution in [3.63, 3.8) is 0 Å². The van der Waals surface area contributed by atoms with Gasteiger partial charge in [0.1, 0.15) is 0 Å². The fraction of sp³-hybridized carbons (Fsp3) is 0.944. The minimum absolute atomic E-state index is 0.268. The van der Waals surface area contributed by atoms with Crippen LogP contribution in [-0.4, -0.2) is 28.6 Å². The number of nitrogens with zero attached hydrogens (tertiary/aromatic N) is 1. The molecule has 2 fully saturated rings. The zero-order valence-electron chi connectivity index (χ0n) is 14.6. The average molecular weight is 294 g/mol. The first-order valence-electron chi connectivity index (χ1n) is 9.03. The summed E-state index contributed by atoms with van der Waals surface area (Å²) in [7, 11) is 0. The first kappa shape index (κ1) is 16.8. The second kappa shape index (κ2) is 6.68. The summed E-state index contributed by atoms with van der Waals surface area (Å²) in [6, 6.07) is 0.346. The number of carbonyl (C=O) groups is 1. The van der Waals surface area contributed by atoms with Gasteiger partial charge in [-0.2, -0.15) is 0 Å². The van der Waals surface area contributed by atoms with Gasteiger partial charge in [0, 0.05) is 6.04 Å². The van der Waals surface area contributed by atoms with E-state index in [0.29, 0.717) is 23.8 Å². The van der Waals surface area contributed by atoms with Crippen LogP contribution in [0.4, 0.5) is 0 Å². The van der Waals surface area contributed by atoms with Crippen molar-refractivity contribution < 1.29 is 4.79 Å². The first-order chi connectivity index (χ1) is 9.92. The lowest BCUT2D eigenvalue weighted by Gasteiger charge is -2.35. The Kier molecular flexibility index (Phi) is 5.34. The highest BCUT2D eigenvalue weighted by atomic mass is 16.2. The van der Waals surface area contributed by atoms with Crippen LogP contribution >= 0.6 is 0 Å². The van der Waals surface area contributed by atoms with Crippen LogP contribution in [0.5, 0.6) is 0 Å². The van der Waals surface area contributed by atoms with Crippen molar-refractivity contribution in [3.05, 3.63) is 0 Å². The van der Waals surface area contributed by atoms with Crippen molar-refractivity contribution in [3.8, 4) is 0 Å². The Morgan fingerprint density at radius 2 is 1.90 bits per heavy atom. The van der Waals surface area contributed by atoms with E-state index in [4.69, 9.17) is 0 Å².